The van der Waals surface area contributed by atoms with E-state index in [1.54, 1.807) is 24.4 Å². The van der Waals surface area contributed by atoms with Gasteiger partial charge in [-0.25, -0.2) is 22.2 Å². The summed E-state index contributed by atoms with van der Waals surface area (Å²) in [6.07, 6.45) is -3.45. The molecule has 0 bridgehead atoms. The predicted molar refractivity (Wildman–Crippen MR) is 209 cm³/mol. The first-order chi connectivity index (χ1) is 26.7. The zero-order chi connectivity index (χ0) is 44.0. The van der Waals surface area contributed by atoms with Gasteiger partial charge in [0.05, 0.1) is 63.0 Å². The Balaban J connectivity index is 0.00000117. The van der Waals surface area contributed by atoms with E-state index in [0.29, 0.717) is 39.1 Å². The standard InChI is InChI=1S/C36H42Cl2F2N4O5S2.C2HF3O2/c1-23(17-34(45)46)42(15-8-16-44(4,5)6)51(47,48)27-19-30(38)28(31(40)20-27)22-50-35-41-21-33(43(35)26-12-10-25(39)11-13-26)36(2,3)24-9-14-29(37)32(18-24)49-7;3-2(4,5)1(6)7/h9-14,18-21,23H,8,15-17,22H2,1-7H3;(H,6,7)/t23-;/m1./s1. The SMILES string of the molecule is COc1cc(C(C)(C)c2cnc(SCc3c(F)cc(S(=O)(=O)N(CCC[N+](C)(C)C)[C@H](C)CC(=O)O)cc3Cl)n2-c2ccc(F)cc2)ccc1Cl.O=C([O-])C(F)(F)F. The highest BCUT2D eigenvalue weighted by Gasteiger charge is 2.33. The third-order valence-corrected chi connectivity index (χ3v) is 12.4. The largest absolute Gasteiger partial charge is 0.542 e. The Bertz CT molecular complexity index is 2170. The molecule has 0 amide bonds. The zero-order valence-electron chi connectivity index (χ0n) is 32.5. The van der Waals surface area contributed by atoms with Crippen LogP contribution < -0.4 is 9.84 Å². The van der Waals surface area contributed by atoms with Gasteiger partial charge in [-0.15, -0.1) is 0 Å². The molecule has 0 unspecified atom stereocenters. The van der Waals surface area contributed by atoms with Gasteiger partial charge < -0.3 is 24.2 Å². The topological polar surface area (TPSA) is 142 Å². The number of methoxy groups -OCH3 is 1. The van der Waals surface area contributed by atoms with Gasteiger partial charge in [0, 0.05) is 46.4 Å². The molecule has 0 spiro atoms. The number of hydrogen-bond donors (Lipinski definition) is 1. The summed E-state index contributed by atoms with van der Waals surface area (Å²) in [6.45, 7) is 6.20. The first-order valence-electron chi connectivity index (χ1n) is 17.3. The second-order valence-electron chi connectivity index (χ2n) is 14.6. The van der Waals surface area contributed by atoms with Crippen molar-refractivity contribution in [3.05, 3.63) is 99.3 Å². The second kappa shape index (κ2) is 19.4. The quantitative estimate of drug-likeness (QED) is 0.0695. The van der Waals surface area contributed by atoms with Crippen LogP contribution in [0.15, 0.2) is 70.8 Å². The summed E-state index contributed by atoms with van der Waals surface area (Å²) in [5, 5.41) is 19.0. The molecular weight excluding hydrogens is 854 g/mol. The van der Waals surface area contributed by atoms with E-state index in [4.69, 9.17) is 37.8 Å². The molecule has 0 aliphatic heterocycles. The summed E-state index contributed by atoms with van der Waals surface area (Å²) in [7, 11) is 3.12. The van der Waals surface area contributed by atoms with Crippen LogP contribution in [0.25, 0.3) is 5.69 Å². The zero-order valence-corrected chi connectivity index (χ0v) is 35.7. The molecule has 0 fully saturated rings. The average Bonchev–Trinajstić information content (AvgIpc) is 3.54. The van der Waals surface area contributed by atoms with Crippen molar-refractivity contribution < 1.29 is 59.4 Å². The number of benzene rings is 3. The van der Waals surface area contributed by atoms with Crippen molar-refractivity contribution in [2.24, 2.45) is 0 Å². The fourth-order valence-electron chi connectivity index (χ4n) is 5.69. The van der Waals surface area contributed by atoms with Crippen LogP contribution in [0.2, 0.25) is 10.0 Å². The number of quaternary nitrogens is 1. The number of ether oxygens (including phenoxy) is 1. The number of carbonyl (C=O) groups excluding carboxylic acids is 1. The van der Waals surface area contributed by atoms with Gasteiger partial charge in [-0.2, -0.15) is 17.5 Å². The molecule has 1 atom stereocenters. The van der Waals surface area contributed by atoms with Gasteiger partial charge in [-0.05, 0) is 61.0 Å². The molecular formula is C38H43Cl2F5N4O7S2. The molecule has 1 N–H and O–H groups in total. The van der Waals surface area contributed by atoms with Crippen LogP contribution in [-0.4, -0.2) is 97.4 Å². The van der Waals surface area contributed by atoms with Gasteiger partial charge in [0.2, 0.25) is 10.0 Å². The van der Waals surface area contributed by atoms with Crippen LogP contribution in [0.3, 0.4) is 0 Å². The number of carbonyl (C=O) groups is 2. The first kappa shape index (κ1) is 48.4. The molecule has 1 aromatic heterocycles. The van der Waals surface area contributed by atoms with Gasteiger partial charge in [0.25, 0.3) is 0 Å². The lowest BCUT2D eigenvalue weighted by Gasteiger charge is -2.30. The highest BCUT2D eigenvalue weighted by atomic mass is 35.5. The Kier molecular flexibility index (Phi) is 16.2. The van der Waals surface area contributed by atoms with Crippen LogP contribution in [-0.2, 0) is 30.8 Å². The molecule has 58 heavy (non-hydrogen) atoms. The maximum Gasteiger partial charge on any atom is 0.430 e. The van der Waals surface area contributed by atoms with Crippen molar-refractivity contribution >= 4 is 56.9 Å². The first-order valence-corrected chi connectivity index (χ1v) is 20.5. The summed E-state index contributed by atoms with van der Waals surface area (Å²) < 4.78 is 98.1. The monoisotopic (exact) mass is 896 g/mol. The number of imidazole rings is 1. The number of hydrogen-bond acceptors (Lipinski definition) is 8. The molecule has 11 nitrogen and oxygen atoms in total. The van der Waals surface area contributed by atoms with Crippen molar-refractivity contribution in [2.45, 2.75) is 67.1 Å². The van der Waals surface area contributed by atoms with E-state index in [1.165, 1.54) is 44.0 Å². The normalized spacial score (nSPS) is 12.9. The lowest BCUT2D eigenvalue weighted by molar-refractivity contribution is -0.870. The fourth-order valence-corrected chi connectivity index (χ4v) is 9.03. The maximum absolute atomic E-state index is 15.8. The van der Waals surface area contributed by atoms with Gasteiger partial charge >= 0.3 is 12.1 Å². The third-order valence-electron chi connectivity index (χ3n) is 8.79. The van der Waals surface area contributed by atoms with Crippen molar-refractivity contribution in [1.29, 1.82) is 0 Å². The van der Waals surface area contributed by atoms with E-state index in [9.17, 15) is 35.9 Å². The highest BCUT2D eigenvalue weighted by molar-refractivity contribution is 7.98. The number of nitrogens with zero attached hydrogens (tertiary/aromatic N) is 4. The number of carboxylic acid groups (broad SMARTS) is 2. The van der Waals surface area contributed by atoms with E-state index in [2.05, 4.69) is 4.98 Å². The Morgan fingerprint density at radius 3 is 2.16 bits per heavy atom. The Hall–Kier alpha value is -3.94. The van der Waals surface area contributed by atoms with E-state index in [0.717, 1.165) is 21.6 Å². The number of carboxylic acids is 2. The van der Waals surface area contributed by atoms with E-state index >= 15 is 4.39 Å². The Labute approximate surface area is 348 Å². The van der Waals surface area contributed by atoms with E-state index in [-0.39, 0.29) is 27.8 Å². The third kappa shape index (κ3) is 12.5. The average molecular weight is 898 g/mol. The van der Waals surface area contributed by atoms with Gasteiger partial charge in [0.15, 0.2) is 5.16 Å². The molecule has 0 saturated carbocycles. The number of aliphatic carboxylic acids is 2. The van der Waals surface area contributed by atoms with Crippen molar-refractivity contribution in [1.82, 2.24) is 13.9 Å². The van der Waals surface area contributed by atoms with Crippen LogP contribution in [0.1, 0.15) is 50.4 Å². The molecule has 0 saturated heterocycles. The van der Waals surface area contributed by atoms with Gasteiger partial charge in [0.1, 0.15) is 23.4 Å². The number of thioether (sulfide) groups is 1. The minimum Gasteiger partial charge on any atom is -0.542 e. The molecule has 3 aromatic carbocycles. The Morgan fingerprint density at radius 2 is 1.64 bits per heavy atom. The number of alkyl halides is 3. The number of aromatic nitrogens is 2. The lowest BCUT2D eigenvalue weighted by Crippen LogP contribution is -2.43. The summed E-state index contributed by atoms with van der Waals surface area (Å²) in [6, 6.07) is 12.6. The molecule has 1 heterocycles. The lowest BCUT2D eigenvalue weighted by atomic mass is 9.81. The summed E-state index contributed by atoms with van der Waals surface area (Å²) in [4.78, 5) is 24.6. The molecule has 0 aliphatic rings. The molecule has 0 aliphatic carbocycles. The Morgan fingerprint density at radius 1 is 1.03 bits per heavy atom. The second-order valence-corrected chi connectivity index (χ2v) is 18.2. The number of halogens is 7. The molecule has 318 valence electrons. The van der Waals surface area contributed by atoms with Crippen molar-refractivity contribution in [3.63, 3.8) is 0 Å². The van der Waals surface area contributed by atoms with Crippen LogP contribution in [0, 0.1) is 11.6 Å². The summed E-state index contributed by atoms with van der Waals surface area (Å²) >= 11 is 14.1. The number of rotatable bonds is 16. The maximum atomic E-state index is 15.8. The molecule has 4 rings (SSSR count). The van der Waals surface area contributed by atoms with Gasteiger partial charge in [-0.1, -0.05) is 54.9 Å². The smallest absolute Gasteiger partial charge is 0.430 e. The minimum atomic E-state index is -5.19. The summed E-state index contributed by atoms with van der Waals surface area (Å²) in [5.74, 6) is -4.91. The van der Waals surface area contributed by atoms with Crippen LogP contribution in [0.4, 0.5) is 22.0 Å². The molecule has 4 aromatic rings. The molecule has 0 radical (unpaired) electrons. The minimum absolute atomic E-state index is 0.0134. The summed E-state index contributed by atoms with van der Waals surface area (Å²) in [5.41, 5.74) is 1.64. The fraction of sp³-hybridized carbons (Fsp3) is 0.395. The van der Waals surface area contributed by atoms with E-state index in [1.807, 2.05) is 51.7 Å². The molecule has 20 heteroatoms. The van der Waals surface area contributed by atoms with Crippen LogP contribution in [0.5, 0.6) is 5.75 Å². The highest BCUT2D eigenvalue weighted by Crippen LogP contribution is 2.40. The van der Waals surface area contributed by atoms with Gasteiger partial charge in [-0.3, -0.25) is 9.36 Å². The van der Waals surface area contributed by atoms with Crippen molar-refractivity contribution in [2.75, 3.05) is 41.3 Å². The predicted octanol–water partition coefficient (Wildman–Crippen LogP) is 7.33. The number of sulfonamides is 1. The van der Waals surface area contributed by atoms with Crippen LogP contribution >= 0.6 is 35.0 Å². The van der Waals surface area contributed by atoms with Crippen molar-refractivity contribution in [3.8, 4) is 11.4 Å². The van der Waals surface area contributed by atoms with E-state index < -0.39 is 57.7 Å².